The molecule has 2 fully saturated rings. The average molecular weight is 228 g/mol. The molecular formula is C12H24N2O2. The zero-order valence-corrected chi connectivity index (χ0v) is 10.3. The van der Waals surface area contributed by atoms with Crippen LogP contribution in [0.5, 0.6) is 0 Å². The van der Waals surface area contributed by atoms with Crippen LogP contribution in [0.15, 0.2) is 0 Å². The van der Waals surface area contributed by atoms with Gasteiger partial charge in [0.05, 0.1) is 6.10 Å². The lowest BCUT2D eigenvalue weighted by Crippen LogP contribution is -2.39. The molecular weight excluding hydrogens is 204 g/mol. The second kappa shape index (κ2) is 6.55. The average Bonchev–Trinajstić information content (AvgIpc) is 2.78. The Morgan fingerprint density at radius 2 is 2.12 bits per heavy atom. The molecule has 0 spiro atoms. The molecule has 2 aliphatic rings. The topological polar surface area (TPSA) is 33.7 Å². The Hall–Kier alpha value is -0.160. The Kier molecular flexibility index (Phi) is 5.03. The van der Waals surface area contributed by atoms with Gasteiger partial charge in [-0.05, 0) is 19.3 Å². The van der Waals surface area contributed by atoms with E-state index in [0.29, 0.717) is 12.1 Å². The predicted molar refractivity (Wildman–Crippen MR) is 63.7 cm³/mol. The van der Waals surface area contributed by atoms with E-state index in [1.807, 2.05) is 7.11 Å². The second-order valence-corrected chi connectivity index (χ2v) is 4.79. The van der Waals surface area contributed by atoms with Crippen molar-refractivity contribution in [3.05, 3.63) is 0 Å². The minimum atomic E-state index is 0.461. The molecule has 2 rings (SSSR count). The first-order valence-electron chi connectivity index (χ1n) is 6.45. The smallest absolute Gasteiger partial charge is 0.0710 e. The monoisotopic (exact) mass is 228 g/mol. The molecule has 0 saturated carbocycles. The number of likely N-dealkylation sites (tertiary alicyclic amines) is 1. The Balaban J connectivity index is 1.54. The van der Waals surface area contributed by atoms with E-state index in [1.165, 1.54) is 25.8 Å². The lowest BCUT2D eigenvalue weighted by Gasteiger charge is -2.24. The summed E-state index contributed by atoms with van der Waals surface area (Å²) in [6.45, 7) is 6.39. The fraction of sp³-hybridized carbons (Fsp3) is 1.00. The first kappa shape index (κ1) is 12.3. The summed E-state index contributed by atoms with van der Waals surface area (Å²) in [5.41, 5.74) is 0. The molecule has 4 heteroatoms. The first-order valence-corrected chi connectivity index (χ1v) is 6.45. The van der Waals surface area contributed by atoms with Gasteiger partial charge in [0.2, 0.25) is 0 Å². The molecule has 0 aromatic carbocycles. The Bertz CT molecular complexity index is 195. The van der Waals surface area contributed by atoms with Crippen molar-refractivity contribution in [3.8, 4) is 0 Å². The number of hydrogen-bond acceptors (Lipinski definition) is 4. The number of nitrogens with zero attached hydrogens (tertiary/aromatic N) is 1. The Labute approximate surface area is 98.3 Å². The highest BCUT2D eigenvalue weighted by Gasteiger charge is 2.21. The SMILES string of the molecule is COC1CCN(CCNC2CCOCC2)C1. The summed E-state index contributed by atoms with van der Waals surface area (Å²) < 4.78 is 10.7. The quantitative estimate of drug-likeness (QED) is 0.742. The maximum absolute atomic E-state index is 5.36. The van der Waals surface area contributed by atoms with Crippen molar-refractivity contribution in [2.24, 2.45) is 0 Å². The fourth-order valence-electron chi connectivity index (χ4n) is 2.52. The molecule has 94 valence electrons. The minimum Gasteiger partial charge on any atom is -0.381 e. The summed E-state index contributed by atoms with van der Waals surface area (Å²) in [7, 11) is 1.81. The van der Waals surface area contributed by atoms with E-state index < -0.39 is 0 Å². The number of hydrogen-bond donors (Lipinski definition) is 1. The van der Waals surface area contributed by atoms with Crippen molar-refractivity contribution in [2.75, 3.05) is 46.5 Å². The highest BCUT2D eigenvalue weighted by molar-refractivity contribution is 4.77. The van der Waals surface area contributed by atoms with Crippen molar-refractivity contribution in [3.63, 3.8) is 0 Å². The summed E-state index contributed by atoms with van der Waals surface area (Å²) in [5.74, 6) is 0. The first-order chi connectivity index (χ1) is 7.88. The third kappa shape index (κ3) is 3.70. The van der Waals surface area contributed by atoms with E-state index in [1.54, 1.807) is 0 Å². The van der Waals surface area contributed by atoms with E-state index in [4.69, 9.17) is 9.47 Å². The maximum atomic E-state index is 5.36. The molecule has 0 aromatic rings. The number of methoxy groups -OCH3 is 1. The van der Waals surface area contributed by atoms with Crippen molar-refractivity contribution in [1.29, 1.82) is 0 Å². The van der Waals surface area contributed by atoms with Gasteiger partial charge < -0.3 is 14.8 Å². The van der Waals surface area contributed by atoms with Crippen LogP contribution in [0.2, 0.25) is 0 Å². The van der Waals surface area contributed by atoms with E-state index in [9.17, 15) is 0 Å². The van der Waals surface area contributed by atoms with Gasteiger partial charge in [-0.1, -0.05) is 0 Å². The summed E-state index contributed by atoms with van der Waals surface area (Å²) in [6, 6.07) is 0.676. The number of rotatable bonds is 5. The van der Waals surface area contributed by atoms with Crippen LogP contribution in [0.4, 0.5) is 0 Å². The second-order valence-electron chi connectivity index (χ2n) is 4.79. The van der Waals surface area contributed by atoms with Crippen LogP contribution in [0.25, 0.3) is 0 Å². The molecule has 4 nitrogen and oxygen atoms in total. The normalized spacial score (nSPS) is 28.7. The van der Waals surface area contributed by atoms with E-state index in [-0.39, 0.29) is 0 Å². The number of ether oxygens (including phenoxy) is 2. The zero-order valence-electron chi connectivity index (χ0n) is 10.3. The van der Waals surface area contributed by atoms with Gasteiger partial charge in [0.25, 0.3) is 0 Å². The van der Waals surface area contributed by atoms with Gasteiger partial charge in [0.15, 0.2) is 0 Å². The van der Waals surface area contributed by atoms with Gasteiger partial charge in [-0.25, -0.2) is 0 Å². The van der Waals surface area contributed by atoms with Crippen LogP contribution in [0.1, 0.15) is 19.3 Å². The molecule has 2 heterocycles. The van der Waals surface area contributed by atoms with Crippen molar-refractivity contribution in [2.45, 2.75) is 31.4 Å². The van der Waals surface area contributed by atoms with E-state index >= 15 is 0 Å². The highest BCUT2D eigenvalue weighted by Crippen LogP contribution is 2.11. The van der Waals surface area contributed by atoms with Gasteiger partial charge in [0.1, 0.15) is 0 Å². The van der Waals surface area contributed by atoms with Crippen LogP contribution < -0.4 is 5.32 Å². The van der Waals surface area contributed by atoms with E-state index in [0.717, 1.165) is 32.8 Å². The molecule has 1 atom stereocenters. The van der Waals surface area contributed by atoms with Crippen LogP contribution in [-0.2, 0) is 9.47 Å². The van der Waals surface area contributed by atoms with Crippen molar-refractivity contribution >= 4 is 0 Å². The Morgan fingerprint density at radius 1 is 1.31 bits per heavy atom. The number of nitrogens with one attached hydrogen (secondary N) is 1. The summed E-state index contributed by atoms with van der Waals surface area (Å²) in [4.78, 5) is 2.49. The largest absolute Gasteiger partial charge is 0.381 e. The lowest BCUT2D eigenvalue weighted by molar-refractivity contribution is 0.0769. The third-order valence-electron chi connectivity index (χ3n) is 3.64. The molecule has 0 aliphatic carbocycles. The van der Waals surface area contributed by atoms with Crippen LogP contribution >= 0.6 is 0 Å². The third-order valence-corrected chi connectivity index (χ3v) is 3.64. The summed E-state index contributed by atoms with van der Waals surface area (Å²) >= 11 is 0. The van der Waals surface area contributed by atoms with Gasteiger partial charge in [-0.15, -0.1) is 0 Å². The highest BCUT2D eigenvalue weighted by atomic mass is 16.5. The van der Waals surface area contributed by atoms with Gasteiger partial charge >= 0.3 is 0 Å². The molecule has 1 N–H and O–H groups in total. The van der Waals surface area contributed by atoms with Crippen LogP contribution in [-0.4, -0.2) is 63.5 Å². The van der Waals surface area contributed by atoms with Crippen LogP contribution in [0, 0.1) is 0 Å². The van der Waals surface area contributed by atoms with Crippen LogP contribution in [0.3, 0.4) is 0 Å². The van der Waals surface area contributed by atoms with Gasteiger partial charge in [-0.2, -0.15) is 0 Å². The van der Waals surface area contributed by atoms with Gasteiger partial charge in [-0.3, -0.25) is 4.90 Å². The molecule has 0 radical (unpaired) electrons. The molecule has 0 bridgehead atoms. The molecule has 1 unspecified atom stereocenters. The fourth-order valence-corrected chi connectivity index (χ4v) is 2.52. The summed E-state index contributed by atoms with van der Waals surface area (Å²) in [5, 5.41) is 3.62. The molecule has 0 aromatic heterocycles. The standard InChI is InChI=1S/C12H24N2O2/c1-15-12-2-6-14(10-12)7-5-13-11-3-8-16-9-4-11/h11-13H,2-10H2,1H3. The molecule has 0 amide bonds. The lowest BCUT2D eigenvalue weighted by atomic mass is 10.1. The van der Waals surface area contributed by atoms with Crippen molar-refractivity contribution < 1.29 is 9.47 Å². The molecule has 16 heavy (non-hydrogen) atoms. The van der Waals surface area contributed by atoms with Gasteiger partial charge in [0, 0.05) is 52.5 Å². The molecule has 2 saturated heterocycles. The minimum absolute atomic E-state index is 0.461. The predicted octanol–water partition coefficient (Wildman–Crippen LogP) is 0.476. The Morgan fingerprint density at radius 3 is 2.81 bits per heavy atom. The van der Waals surface area contributed by atoms with Crippen molar-refractivity contribution in [1.82, 2.24) is 10.2 Å². The van der Waals surface area contributed by atoms with E-state index in [2.05, 4.69) is 10.2 Å². The maximum Gasteiger partial charge on any atom is 0.0710 e. The zero-order chi connectivity index (χ0) is 11.2. The summed E-state index contributed by atoms with van der Waals surface area (Å²) in [6.07, 6.45) is 3.98. The molecule has 2 aliphatic heterocycles.